The minimum Gasteiger partial charge on any atom is -0.481 e. The Hall–Kier alpha value is -2.04. The van der Waals surface area contributed by atoms with Crippen molar-refractivity contribution in [1.29, 1.82) is 0 Å². The summed E-state index contributed by atoms with van der Waals surface area (Å²) in [6.45, 7) is 1.60. The number of fused-ring (bicyclic) bond motifs is 1. The van der Waals surface area contributed by atoms with Gasteiger partial charge in [0.25, 0.3) is 0 Å². The Balaban J connectivity index is 0.000000221. The fraction of sp³-hybridized carbons (Fsp3) is 0.273. The molecule has 0 radical (unpaired) electrons. The third-order valence-corrected chi connectivity index (χ3v) is 1.89. The molecule has 5 heteroatoms. The maximum Gasteiger partial charge on any atom is 0.303 e. The lowest BCUT2D eigenvalue weighted by Crippen LogP contribution is -1.86. The lowest BCUT2D eigenvalue weighted by molar-refractivity contribution is -0.136. The number of methoxy groups -OCH3 is 1. The Labute approximate surface area is 93.1 Å². The van der Waals surface area contributed by atoms with Crippen LogP contribution in [-0.2, 0) is 4.79 Å². The lowest BCUT2D eigenvalue weighted by Gasteiger charge is -1.96. The number of pyridine rings is 1. The van der Waals surface area contributed by atoms with Gasteiger partial charge in [-0.05, 0) is 12.1 Å². The molecule has 0 aromatic carbocycles. The Morgan fingerprint density at radius 1 is 1.50 bits per heavy atom. The summed E-state index contributed by atoms with van der Waals surface area (Å²) in [4.78, 5) is 16.6. The maximum absolute atomic E-state index is 9.37. The van der Waals surface area contributed by atoms with E-state index in [1.54, 1.807) is 14.0 Å². The number of aromatic nitrogens is 2. The number of rotatable bonds is 2. The summed E-state index contributed by atoms with van der Waals surface area (Å²) in [5, 5.41) is 7.72. The zero-order valence-corrected chi connectivity index (χ0v) is 9.23. The van der Waals surface area contributed by atoms with Crippen molar-refractivity contribution in [3.05, 3.63) is 24.4 Å². The average Bonchev–Trinajstić information content (AvgIpc) is 2.76. The molecule has 0 fully saturated rings. The van der Waals surface area contributed by atoms with Crippen LogP contribution >= 0.6 is 0 Å². The molecule has 0 saturated heterocycles. The third-order valence-electron chi connectivity index (χ3n) is 1.89. The first-order valence-electron chi connectivity index (χ1n) is 4.87. The van der Waals surface area contributed by atoms with E-state index >= 15 is 0 Å². The van der Waals surface area contributed by atoms with Crippen LogP contribution in [-0.4, -0.2) is 28.2 Å². The zero-order valence-electron chi connectivity index (χ0n) is 9.23. The van der Waals surface area contributed by atoms with Crippen molar-refractivity contribution in [3.8, 4) is 5.88 Å². The molecular weight excluding hydrogens is 208 g/mol. The molecule has 0 aliphatic heterocycles. The van der Waals surface area contributed by atoms with E-state index < -0.39 is 5.97 Å². The summed E-state index contributed by atoms with van der Waals surface area (Å²) in [7, 11) is 1.61. The molecule has 0 aliphatic rings. The maximum atomic E-state index is 9.37. The number of carbonyl (C=O) groups is 1. The van der Waals surface area contributed by atoms with Crippen LogP contribution in [0.5, 0.6) is 5.88 Å². The molecule has 5 nitrogen and oxygen atoms in total. The number of aliphatic carboxylic acids is 1. The van der Waals surface area contributed by atoms with E-state index in [2.05, 4.69) is 9.97 Å². The van der Waals surface area contributed by atoms with Gasteiger partial charge in [0, 0.05) is 18.7 Å². The topological polar surface area (TPSA) is 75.2 Å². The molecule has 16 heavy (non-hydrogen) atoms. The number of hydrogen-bond donors (Lipinski definition) is 2. The second kappa shape index (κ2) is 5.75. The highest BCUT2D eigenvalue weighted by molar-refractivity contribution is 5.75. The second-order valence-electron chi connectivity index (χ2n) is 3.01. The highest BCUT2D eigenvalue weighted by atomic mass is 16.5. The molecule has 0 aliphatic carbocycles. The minimum absolute atomic E-state index is 0.222. The van der Waals surface area contributed by atoms with Gasteiger partial charge in [0.1, 0.15) is 0 Å². The summed E-state index contributed by atoms with van der Waals surface area (Å²) < 4.78 is 4.97. The smallest absolute Gasteiger partial charge is 0.303 e. The van der Waals surface area contributed by atoms with Gasteiger partial charge in [0.05, 0.1) is 18.1 Å². The van der Waals surface area contributed by atoms with Crippen LogP contribution in [0.15, 0.2) is 24.4 Å². The number of H-pyrrole nitrogens is 1. The normalized spacial score (nSPS) is 9.38. The SMILES string of the molecule is CCC(=O)O.COc1ccc2[nH]ccc2n1. The van der Waals surface area contributed by atoms with Gasteiger partial charge in [0.2, 0.25) is 5.88 Å². The third kappa shape index (κ3) is 3.27. The van der Waals surface area contributed by atoms with E-state index in [1.807, 2.05) is 24.4 Å². The van der Waals surface area contributed by atoms with Gasteiger partial charge < -0.3 is 14.8 Å². The Morgan fingerprint density at radius 3 is 2.75 bits per heavy atom. The van der Waals surface area contributed by atoms with Gasteiger partial charge in [-0.2, -0.15) is 0 Å². The summed E-state index contributed by atoms with van der Waals surface area (Å²) in [6, 6.07) is 5.69. The summed E-state index contributed by atoms with van der Waals surface area (Å²) in [6.07, 6.45) is 2.08. The summed E-state index contributed by atoms with van der Waals surface area (Å²) in [5.74, 6) is -0.0953. The molecule has 2 heterocycles. The van der Waals surface area contributed by atoms with Crippen molar-refractivity contribution in [2.24, 2.45) is 0 Å². The number of carboxylic acid groups (broad SMARTS) is 1. The van der Waals surface area contributed by atoms with Crippen molar-refractivity contribution in [1.82, 2.24) is 9.97 Å². The first-order chi connectivity index (χ1) is 7.67. The fourth-order valence-electron chi connectivity index (χ4n) is 1.03. The highest BCUT2D eigenvalue weighted by Crippen LogP contribution is 2.13. The largest absolute Gasteiger partial charge is 0.481 e. The Kier molecular flexibility index (Phi) is 4.32. The molecule has 0 amide bonds. The summed E-state index contributed by atoms with van der Waals surface area (Å²) in [5.41, 5.74) is 1.97. The van der Waals surface area contributed by atoms with E-state index in [4.69, 9.17) is 9.84 Å². The quantitative estimate of drug-likeness (QED) is 0.815. The number of ether oxygens (including phenoxy) is 1. The molecule has 0 saturated carbocycles. The molecule has 2 aromatic heterocycles. The fourth-order valence-corrected chi connectivity index (χ4v) is 1.03. The van der Waals surface area contributed by atoms with Crippen molar-refractivity contribution in [2.75, 3.05) is 7.11 Å². The first-order valence-corrected chi connectivity index (χ1v) is 4.87. The molecule has 2 aromatic rings. The Bertz CT molecular complexity index is 465. The van der Waals surface area contributed by atoms with Gasteiger partial charge in [0.15, 0.2) is 0 Å². The zero-order chi connectivity index (χ0) is 12.0. The van der Waals surface area contributed by atoms with Crippen molar-refractivity contribution in [3.63, 3.8) is 0 Å². The molecule has 0 bridgehead atoms. The number of aromatic amines is 1. The molecular formula is C11H14N2O3. The molecule has 0 unspecified atom stereocenters. The second-order valence-corrected chi connectivity index (χ2v) is 3.01. The molecule has 2 rings (SSSR count). The predicted octanol–water partition coefficient (Wildman–Crippen LogP) is 2.05. The van der Waals surface area contributed by atoms with Crippen molar-refractivity contribution >= 4 is 17.0 Å². The highest BCUT2D eigenvalue weighted by Gasteiger charge is 1.96. The number of nitrogens with zero attached hydrogens (tertiary/aromatic N) is 1. The number of nitrogens with one attached hydrogen (secondary N) is 1. The van der Waals surface area contributed by atoms with Crippen molar-refractivity contribution in [2.45, 2.75) is 13.3 Å². The van der Waals surface area contributed by atoms with Gasteiger partial charge in [-0.3, -0.25) is 4.79 Å². The first kappa shape index (κ1) is 12.0. The van der Waals surface area contributed by atoms with Crippen LogP contribution < -0.4 is 4.74 Å². The van der Waals surface area contributed by atoms with Crippen LogP contribution in [0.25, 0.3) is 11.0 Å². The monoisotopic (exact) mass is 222 g/mol. The Morgan fingerprint density at radius 2 is 2.19 bits per heavy atom. The van der Waals surface area contributed by atoms with Crippen LogP contribution in [0.2, 0.25) is 0 Å². The predicted molar refractivity (Wildman–Crippen MR) is 60.6 cm³/mol. The van der Waals surface area contributed by atoms with E-state index in [-0.39, 0.29) is 6.42 Å². The van der Waals surface area contributed by atoms with E-state index in [0.717, 1.165) is 11.0 Å². The van der Waals surface area contributed by atoms with Gasteiger partial charge >= 0.3 is 5.97 Å². The van der Waals surface area contributed by atoms with E-state index in [0.29, 0.717) is 5.88 Å². The van der Waals surface area contributed by atoms with Crippen LogP contribution in [0, 0.1) is 0 Å². The average molecular weight is 222 g/mol. The number of carboxylic acids is 1. The lowest BCUT2D eigenvalue weighted by atomic mass is 10.4. The van der Waals surface area contributed by atoms with Gasteiger partial charge in [-0.15, -0.1) is 0 Å². The molecule has 0 spiro atoms. The van der Waals surface area contributed by atoms with Gasteiger partial charge in [-0.1, -0.05) is 6.92 Å². The minimum atomic E-state index is -0.745. The summed E-state index contributed by atoms with van der Waals surface area (Å²) >= 11 is 0. The van der Waals surface area contributed by atoms with Crippen molar-refractivity contribution < 1.29 is 14.6 Å². The van der Waals surface area contributed by atoms with E-state index in [9.17, 15) is 4.79 Å². The molecule has 0 atom stereocenters. The van der Waals surface area contributed by atoms with Crippen LogP contribution in [0.4, 0.5) is 0 Å². The van der Waals surface area contributed by atoms with E-state index in [1.165, 1.54) is 0 Å². The standard InChI is InChI=1S/C8H8N2O.C3H6O2/c1-11-8-3-2-6-7(10-8)4-5-9-6;1-2-3(4)5/h2-5,9H,1H3;2H2,1H3,(H,4,5). The number of hydrogen-bond acceptors (Lipinski definition) is 3. The van der Waals surface area contributed by atoms with Crippen LogP contribution in [0.1, 0.15) is 13.3 Å². The van der Waals surface area contributed by atoms with Crippen LogP contribution in [0.3, 0.4) is 0 Å². The molecule has 86 valence electrons. The van der Waals surface area contributed by atoms with Gasteiger partial charge in [-0.25, -0.2) is 4.98 Å². The molecule has 2 N–H and O–H groups in total.